The molecule has 7 heavy (non-hydrogen) atoms. The highest BCUT2D eigenvalue weighted by Crippen LogP contribution is 1.99. The SMILES string of the molecule is [CH2]C(CC)[S+](C)[O-]. The van der Waals surface area contributed by atoms with E-state index in [9.17, 15) is 4.55 Å². The maximum atomic E-state index is 10.4. The first kappa shape index (κ1) is 7.31. The van der Waals surface area contributed by atoms with Crippen molar-refractivity contribution < 1.29 is 4.55 Å². The number of hydrogen-bond acceptors (Lipinski definition) is 1. The fourth-order valence-corrected chi connectivity index (χ4v) is 0.704. The van der Waals surface area contributed by atoms with Crippen LogP contribution in [0.1, 0.15) is 13.3 Å². The van der Waals surface area contributed by atoms with Gasteiger partial charge in [-0.25, -0.2) is 0 Å². The van der Waals surface area contributed by atoms with Crippen molar-refractivity contribution in [3.63, 3.8) is 0 Å². The average molecular weight is 119 g/mol. The van der Waals surface area contributed by atoms with Gasteiger partial charge in [0.25, 0.3) is 0 Å². The molecule has 0 aliphatic carbocycles. The summed E-state index contributed by atoms with van der Waals surface area (Å²) in [4.78, 5) is 0. The van der Waals surface area contributed by atoms with Gasteiger partial charge in [-0.1, -0.05) is 18.1 Å². The molecule has 0 aliphatic heterocycles. The molecule has 1 radical (unpaired) electrons. The molecule has 0 saturated carbocycles. The van der Waals surface area contributed by atoms with E-state index < -0.39 is 11.2 Å². The summed E-state index contributed by atoms with van der Waals surface area (Å²) in [5.41, 5.74) is 0. The summed E-state index contributed by atoms with van der Waals surface area (Å²) in [6, 6.07) is 0. The molecule has 0 aromatic heterocycles. The van der Waals surface area contributed by atoms with Gasteiger partial charge in [-0.3, -0.25) is 0 Å². The van der Waals surface area contributed by atoms with Crippen molar-refractivity contribution in [1.82, 2.24) is 0 Å². The Morgan fingerprint density at radius 1 is 1.86 bits per heavy atom. The van der Waals surface area contributed by atoms with Crippen molar-refractivity contribution in [1.29, 1.82) is 0 Å². The van der Waals surface area contributed by atoms with E-state index in [1.165, 1.54) is 0 Å². The molecule has 0 aromatic rings. The van der Waals surface area contributed by atoms with Gasteiger partial charge in [-0.05, 0) is 13.3 Å². The van der Waals surface area contributed by atoms with Crippen molar-refractivity contribution in [3.8, 4) is 0 Å². The lowest BCUT2D eigenvalue weighted by Gasteiger charge is -2.09. The summed E-state index contributed by atoms with van der Waals surface area (Å²) in [5, 5.41) is 0.125. The fourth-order valence-electron chi connectivity index (χ4n) is 0.235. The van der Waals surface area contributed by atoms with E-state index >= 15 is 0 Å². The minimum atomic E-state index is -0.721. The van der Waals surface area contributed by atoms with Crippen LogP contribution < -0.4 is 0 Å². The molecule has 0 fully saturated rings. The minimum absolute atomic E-state index is 0.125. The fraction of sp³-hybridized carbons (Fsp3) is 0.800. The highest BCUT2D eigenvalue weighted by Gasteiger charge is 2.05. The molecule has 0 amide bonds. The van der Waals surface area contributed by atoms with E-state index in [4.69, 9.17) is 0 Å². The van der Waals surface area contributed by atoms with Gasteiger partial charge < -0.3 is 4.55 Å². The van der Waals surface area contributed by atoms with Gasteiger partial charge in [0, 0.05) is 0 Å². The molecule has 0 aliphatic rings. The Labute approximate surface area is 48.3 Å². The maximum Gasteiger partial charge on any atom is 0.115 e. The molecule has 0 bridgehead atoms. The molecule has 0 saturated heterocycles. The summed E-state index contributed by atoms with van der Waals surface area (Å²) < 4.78 is 10.4. The van der Waals surface area contributed by atoms with Gasteiger partial charge in [0.1, 0.15) is 5.25 Å². The first-order valence-electron chi connectivity index (χ1n) is 2.33. The van der Waals surface area contributed by atoms with E-state index in [2.05, 4.69) is 6.92 Å². The van der Waals surface area contributed by atoms with Gasteiger partial charge in [0.15, 0.2) is 0 Å². The first-order valence-corrected chi connectivity index (χ1v) is 3.96. The second-order valence-corrected chi connectivity index (χ2v) is 3.19. The quantitative estimate of drug-likeness (QED) is 0.497. The minimum Gasteiger partial charge on any atom is -0.616 e. The topological polar surface area (TPSA) is 23.1 Å². The largest absolute Gasteiger partial charge is 0.616 e. The first-order chi connectivity index (χ1) is 3.18. The average Bonchev–Trinajstić information content (AvgIpc) is 1.65. The van der Waals surface area contributed by atoms with Crippen LogP contribution in [0.2, 0.25) is 0 Å². The van der Waals surface area contributed by atoms with E-state index in [0.717, 1.165) is 6.42 Å². The van der Waals surface area contributed by atoms with Crippen LogP contribution in [0.25, 0.3) is 0 Å². The number of rotatable bonds is 2. The maximum absolute atomic E-state index is 10.4. The van der Waals surface area contributed by atoms with Crippen molar-refractivity contribution in [3.05, 3.63) is 6.92 Å². The second kappa shape index (κ2) is 3.33. The van der Waals surface area contributed by atoms with E-state index in [-0.39, 0.29) is 5.25 Å². The third kappa shape index (κ3) is 2.94. The van der Waals surface area contributed by atoms with E-state index in [0.29, 0.717) is 0 Å². The molecular weight excluding hydrogens is 108 g/mol. The molecular formula is C5H11OS. The van der Waals surface area contributed by atoms with E-state index in [1.807, 2.05) is 6.92 Å². The molecule has 0 aromatic carbocycles. The van der Waals surface area contributed by atoms with Crippen LogP contribution in [0.3, 0.4) is 0 Å². The third-order valence-corrected chi connectivity index (χ3v) is 2.20. The van der Waals surface area contributed by atoms with Crippen LogP contribution in [0.4, 0.5) is 0 Å². The summed E-state index contributed by atoms with van der Waals surface area (Å²) >= 11 is -0.721. The Morgan fingerprint density at radius 3 is 2.29 bits per heavy atom. The molecule has 1 nitrogen and oxygen atoms in total. The molecule has 2 unspecified atom stereocenters. The summed E-state index contributed by atoms with van der Waals surface area (Å²) in [7, 11) is 0. The van der Waals surface area contributed by atoms with Crippen LogP contribution in [-0.4, -0.2) is 16.1 Å². The van der Waals surface area contributed by atoms with Crippen LogP contribution in [0, 0.1) is 6.92 Å². The lowest BCUT2D eigenvalue weighted by molar-refractivity contribution is 0.591. The Hall–Kier alpha value is 0.310. The second-order valence-electron chi connectivity index (χ2n) is 1.53. The summed E-state index contributed by atoms with van der Waals surface area (Å²) in [5.74, 6) is 0. The Kier molecular flexibility index (Phi) is 3.48. The highest BCUT2D eigenvalue weighted by molar-refractivity contribution is 7.91. The van der Waals surface area contributed by atoms with E-state index in [1.54, 1.807) is 6.26 Å². The zero-order chi connectivity index (χ0) is 5.86. The summed E-state index contributed by atoms with van der Waals surface area (Å²) in [6.07, 6.45) is 2.59. The highest BCUT2D eigenvalue weighted by atomic mass is 32.2. The van der Waals surface area contributed by atoms with Crippen LogP contribution in [-0.2, 0) is 11.2 Å². The normalized spacial score (nSPS) is 18.9. The molecule has 0 spiro atoms. The van der Waals surface area contributed by atoms with Crippen molar-refractivity contribution in [2.75, 3.05) is 6.26 Å². The summed E-state index contributed by atoms with van der Waals surface area (Å²) in [6.45, 7) is 5.64. The number of hydrogen-bond donors (Lipinski definition) is 0. The van der Waals surface area contributed by atoms with Gasteiger partial charge in [-0.15, -0.1) is 0 Å². The molecule has 2 atom stereocenters. The molecule has 43 valence electrons. The van der Waals surface area contributed by atoms with Gasteiger partial charge in [-0.2, -0.15) is 0 Å². The molecule has 0 rings (SSSR count). The Bertz CT molecular complexity index is 45.3. The van der Waals surface area contributed by atoms with Crippen molar-refractivity contribution in [2.24, 2.45) is 0 Å². The van der Waals surface area contributed by atoms with Crippen LogP contribution in [0.15, 0.2) is 0 Å². The smallest absolute Gasteiger partial charge is 0.115 e. The van der Waals surface area contributed by atoms with Crippen molar-refractivity contribution >= 4 is 11.2 Å². The monoisotopic (exact) mass is 119 g/mol. The zero-order valence-corrected chi connectivity index (χ0v) is 5.62. The van der Waals surface area contributed by atoms with Crippen LogP contribution >= 0.6 is 0 Å². The molecule has 2 heteroatoms. The Morgan fingerprint density at radius 2 is 2.29 bits per heavy atom. The van der Waals surface area contributed by atoms with Gasteiger partial charge in [0.2, 0.25) is 0 Å². The standard InChI is InChI=1S/C5H11OS/c1-4-5(2)7(3)6/h5H,2,4H2,1,3H3. The Balaban J connectivity index is 3.14. The van der Waals surface area contributed by atoms with Crippen LogP contribution in [0.5, 0.6) is 0 Å². The predicted octanol–water partition coefficient (Wildman–Crippen LogP) is 0.978. The van der Waals surface area contributed by atoms with Gasteiger partial charge in [0.05, 0.1) is 6.26 Å². The lowest BCUT2D eigenvalue weighted by Crippen LogP contribution is -2.14. The molecule has 0 heterocycles. The van der Waals surface area contributed by atoms with Crippen molar-refractivity contribution in [2.45, 2.75) is 18.6 Å². The lowest BCUT2D eigenvalue weighted by atomic mass is 10.4. The zero-order valence-electron chi connectivity index (χ0n) is 4.81. The van der Waals surface area contributed by atoms with Gasteiger partial charge >= 0.3 is 0 Å². The molecule has 0 N–H and O–H groups in total. The third-order valence-electron chi connectivity index (χ3n) is 0.925. The predicted molar refractivity (Wildman–Crippen MR) is 33.5 cm³/mol.